The summed E-state index contributed by atoms with van der Waals surface area (Å²) in [5.41, 5.74) is 8.29. The van der Waals surface area contributed by atoms with Crippen LogP contribution in [0.2, 0.25) is 0 Å². The highest BCUT2D eigenvalue weighted by molar-refractivity contribution is 5.97. The van der Waals surface area contributed by atoms with Gasteiger partial charge in [0.1, 0.15) is 17.5 Å². The van der Waals surface area contributed by atoms with E-state index in [0.717, 1.165) is 56.4 Å². The molecule has 7 nitrogen and oxygen atoms in total. The molecule has 0 saturated heterocycles. The van der Waals surface area contributed by atoms with Gasteiger partial charge in [0.2, 0.25) is 0 Å². The van der Waals surface area contributed by atoms with Crippen LogP contribution in [-0.2, 0) is 12.8 Å². The van der Waals surface area contributed by atoms with E-state index in [-0.39, 0.29) is 0 Å². The van der Waals surface area contributed by atoms with Crippen molar-refractivity contribution in [1.82, 2.24) is 15.0 Å². The zero-order valence-corrected chi connectivity index (χ0v) is 14.9. The number of hydrogen-bond donors (Lipinski definition) is 1. The lowest BCUT2D eigenvalue weighted by Crippen LogP contribution is -2.30. The van der Waals surface area contributed by atoms with Crippen molar-refractivity contribution in [3.05, 3.63) is 53.1 Å². The Labute approximate surface area is 152 Å². The summed E-state index contributed by atoms with van der Waals surface area (Å²) in [4.78, 5) is 30.0. The molecule has 0 aliphatic carbocycles. The SMILES string of the molecule is Cc1nc2c(c(N3CC=CC3)n1)CCN(c1ncccc1C(N)=O)CC2. The predicted octanol–water partition coefficient (Wildman–Crippen LogP) is 1.26. The van der Waals surface area contributed by atoms with Gasteiger partial charge in [-0.15, -0.1) is 0 Å². The van der Waals surface area contributed by atoms with Crippen LogP contribution in [0.4, 0.5) is 11.6 Å². The van der Waals surface area contributed by atoms with Crippen LogP contribution in [0, 0.1) is 6.92 Å². The summed E-state index contributed by atoms with van der Waals surface area (Å²) in [6, 6.07) is 3.47. The van der Waals surface area contributed by atoms with Gasteiger partial charge in [0.05, 0.1) is 11.3 Å². The minimum atomic E-state index is -0.450. The number of nitrogens with zero attached hydrogens (tertiary/aromatic N) is 5. The third kappa shape index (κ3) is 3.00. The van der Waals surface area contributed by atoms with E-state index < -0.39 is 5.91 Å². The molecule has 2 aliphatic heterocycles. The molecule has 4 heterocycles. The molecule has 0 atom stereocenters. The van der Waals surface area contributed by atoms with Gasteiger partial charge in [0, 0.05) is 44.4 Å². The minimum absolute atomic E-state index is 0.450. The number of amides is 1. The lowest BCUT2D eigenvalue weighted by Gasteiger charge is -2.23. The summed E-state index contributed by atoms with van der Waals surface area (Å²) in [7, 11) is 0. The number of nitrogens with two attached hydrogens (primary N) is 1. The molecular formula is C19H22N6O. The van der Waals surface area contributed by atoms with Crippen LogP contribution >= 0.6 is 0 Å². The third-order valence-corrected chi connectivity index (χ3v) is 4.90. The van der Waals surface area contributed by atoms with Crippen LogP contribution in [0.5, 0.6) is 0 Å². The van der Waals surface area contributed by atoms with E-state index in [9.17, 15) is 4.79 Å². The summed E-state index contributed by atoms with van der Waals surface area (Å²) in [6.07, 6.45) is 7.64. The zero-order valence-electron chi connectivity index (χ0n) is 14.9. The smallest absolute Gasteiger partial charge is 0.252 e. The number of primary amides is 1. The fraction of sp³-hybridized carbons (Fsp3) is 0.368. The Morgan fingerprint density at radius 1 is 1.08 bits per heavy atom. The fourth-order valence-electron chi connectivity index (χ4n) is 3.67. The van der Waals surface area contributed by atoms with Crippen molar-refractivity contribution in [1.29, 1.82) is 0 Å². The molecule has 2 aliphatic rings. The molecule has 0 saturated carbocycles. The van der Waals surface area contributed by atoms with E-state index in [1.54, 1.807) is 18.3 Å². The van der Waals surface area contributed by atoms with Crippen LogP contribution in [0.25, 0.3) is 0 Å². The van der Waals surface area contributed by atoms with Crippen LogP contribution in [0.3, 0.4) is 0 Å². The number of pyridine rings is 1. The first-order valence-corrected chi connectivity index (χ1v) is 8.89. The van der Waals surface area contributed by atoms with Gasteiger partial charge in [-0.1, -0.05) is 12.2 Å². The number of aromatic nitrogens is 3. The van der Waals surface area contributed by atoms with E-state index >= 15 is 0 Å². The van der Waals surface area contributed by atoms with Crippen molar-refractivity contribution in [2.45, 2.75) is 19.8 Å². The molecule has 1 amide bonds. The van der Waals surface area contributed by atoms with Gasteiger partial charge in [-0.2, -0.15) is 0 Å². The van der Waals surface area contributed by atoms with Crippen LogP contribution in [0.1, 0.15) is 27.4 Å². The van der Waals surface area contributed by atoms with E-state index in [4.69, 9.17) is 15.7 Å². The fourth-order valence-corrected chi connectivity index (χ4v) is 3.67. The largest absolute Gasteiger partial charge is 0.365 e. The van der Waals surface area contributed by atoms with Crippen molar-refractivity contribution in [2.24, 2.45) is 5.73 Å². The normalized spacial score (nSPS) is 16.5. The van der Waals surface area contributed by atoms with E-state index in [1.807, 2.05) is 6.92 Å². The molecule has 2 aromatic heterocycles. The number of anilines is 2. The number of carbonyl (C=O) groups excluding carboxylic acids is 1. The first-order valence-electron chi connectivity index (χ1n) is 8.89. The average molecular weight is 350 g/mol. The van der Waals surface area contributed by atoms with Gasteiger partial charge in [-0.05, 0) is 25.5 Å². The molecule has 2 N–H and O–H groups in total. The Morgan fingerprint density at radius 2 is 1.85 bits per heavy atom. The van der Waals surface area contributed by atoms with E-state index in [1.165, 1.54) is 5.56 Å². The van der Waals surface area contributed by atoms with Gasteiger partial charge in [-0.25, -0.2) is 15.0 Å². The predicted molar refractivity (Wildman–Crippen MR) is 100 cm³/mol. The molecule has 0 fully saturated rings. The highest BCUT2D eigenvalue weighted by Crippen LogP contribution is 2.28. The second kappa shape index (κ2) is 6.74. The zero-order chi connectivity index (χ0) is 18.1. The number of hydrogen-bond acceptors (Lipinski definition) is 6. The third-order valence-electron chi connectivity index (χ3n) is 4.90. The molecule has 0 radical (unpaired) electrons. The molecule has 134 valence electrons. The van der Waals surface area contributed by atoms with Gasteiger partial charge < -0.3 is 15.5 Å². The highest BCUT2D eigenvalue weighted by Gasteiger charge is 2.25. The Bertz CT molecular complexity index is 870. The molecule has 7 heteroatoms. The topological polar surface area (TPSA) is 88.2 Å². The molecule has 2 aromatic rings. The monoisotopic (exact) mass is 350 g/mol. The highest BCUT2D eigenvalue weighted by atomic mass is 16.1. The van der Waals surface area contributed by atoms with Gasteiger partial charge in [0.15, 0.2) is 0 Å². The molecule has 0 unspecified atom stereocenters. The second-order valence-corrected chi connectivity index (χ2v) is 6.62. The van der Waals surface area contributed by atoms with Gasteiger partial charge in [0.25, 0.3) is 5.91 Å². The van der Waals surface area contributed by atoms with Crippen LogP contribution in [-0.4, -0.2) is 47.0 Å². The number of fused-ring (bicyclic) bond motifs is 1. The average Bonchev–Trinajstić information content (AvgIpc) is 3.09. The summed E-state index contributed by atoms with van der Waals surface area (Å²) in [5.74, 6) is 2.04. The van der Waals surface area contributed by atoms with Crippen LogP contribution in [0.15, 0.2) is 30.5 Å². The first kappa shape index (κ1) is 16.5. The Balaban J connectivity index is 1.66. The number of carbonyl (C=O) groups is 1. The molecule has 0 spiro atoms. The second-order valence-electron chi connectivity index (χ2n) is 6.62. The quantitative estimate of drug-likeness (QED) is 0.839. The lowest BCUT2D eigenvalue weighted by atomic mass is 10.1. The maximum absolute atomic E-state index is 11.8. The number of aryl methyl sites for hydroxylation is 1. The van der Waals surface area contributed by atoms with Crippen molar-refractivity contribution in [3.63, 3.8) is 0 Å². The first-order chi connectivity index (χ1) is 12.6. The molecule has 0 bridgehead atoms. The van der Waals surface area contributed by atoms with E-state index in [2.05, 4.69) is 26.9 Å². The molecule has 4 rings (SSSR count). The van der Waals surface area contributed by atoms with Crippen molar-refractivity contribution in [3.8, 4) is 0 Å². The Hall–Kier alpha value is -2.96. The standard InChI is InChI=1S/C19H22N6O/c1-13-22-16-7-12-25(18-15(17(20)26)5-4-8-21-18)11-6-14(16)19(23-13)24-9-2-3-10-24/h2-5,8H,6-7,9-12H2,1H3,(H2,20,26). The van der Waals surface area contributed by atoms with E-state index in [0.29, 0.717) is 11.4 Å². The Morgan fingerprint density at radius 3 is 2.62 bits per heavy atom. The van der Waals surface area contributed by atoms with Gasteiger partial charge >= 0.3 is 0 Å². The molecular weight excluding hydrogens is 328 g/mol. The maximum Gasteiger partial charge on any atom is 0.252 e. The van der Waals surface area contributed by atoms with Crippen molar-refractivity contribution < 1.29 is 4.79 Å². The lowest BCUT2D eigenvalue weighted by molar-refractivity contribution is 0.100. The summed E-state index contributed by atoms with van der Waals surface area (Å²) in [6.45, 7) is 5.22. The van der Waals surface area contributed by atoms with Crippen molar-refractivity contribution in [2.75, 3.05) is 36.0 Å². The van der Waals surface area contributed by atoms with Crippen molar-refractivity contribution >= 4 is 17.5 Å². The number of rotatable bonds is 3. The van der Waals surface area contributed by atoms with Gasteiger partial charge in [-0.3, -0.25) is 4.79 Å². The summed E-state index contributed by atoms with van der Waals surface area (Å²) < 4.78 is 0. The molecule has 26 heavy (non-hydrogen) atoms. The minimum Gasteiger partial charge on any atom is -0.365 e. The summed E-state index contributed by atoms with van der Waals surface area (Å²) >= 11 is 0. The van der Waals surface area contributed by atoms with Crippen LogP contribution < -0.4 is 15.5 Å². The molecule has 0 aromatic carbocycles. The summed E-state index contributed by atoms with van der Waals surface area (Å²) in [5, 5.41) is 0. The maximum atomic E-state index is 11.8. The Kier molecular flexibility index (Phi) is 4.28.